The van der Waals surface area contributed by atoms with Crippen LogP contribution < -0.4 is 0 Å². The van der Waals surface area contributed by atoms with E-state index < -0.39 is 0 Å². The van der Waals surface area contributed by atoms with Gasteiger partial charge in [-0.15, -0.1) is 0 Å². The molecule has 1 aromatic carbocycles. The van der Waals surface area contributed by atoms with Gasteiger partial charge < -0.3 is 0 Å². The smallest absolute Gasteiger partial charge is 0.0230 e. The maximum Gasteiger partial charge on any atom is -0.0230 e. The Morgan fingerprint density at radius 1 is 1.13 bits per heavy atom. The Kier molecular flexibility index (Phi) is 5.17. The molecular weight excluding hydrogens is 180 g/mol. The first-order valence-corrected chi connectivity index (χ1v) is 6.04. The molecule has 0 bridgehead atoms. The van der Waals surface area contributed by atoms with E-state index in [1.165, 1.54) is 36.0 Å². The Hall–Kier alpha value is -1.04. The van der Waals surface area contributed by atoms with Crippen molar-refractivity contribution in [3.63, 3.8) is 0 Å². The third kappa shape index (κ3) is 3.91. The summed E-state index contributed by atoms with van der Waals surface area (Å²) in [5, 5.41) is 0. The summed E-state index contributed by atoms with van der Waals surface area (Å²) in [7, 11) is 0. The summed E-state index contributed by atoms with van der Waals surface area (Å²) in [6.45, 7) is 6.60. The quantitative estimate of drug-likeness (QED) is 0.640. The van der Waals surface area contributed by atoms with Crippen LogP contribution in [0.5, 0.6) is 0 Å². The number of benzene rings is 1. The number of rotatable bonds is 5. The molecule has 0 unspecified atom stereocenters. The molecule has 0 aliphatic rings. The standard InChI is InChI=1S/C15H22/c1-4-6-8-14-9-11-15(12-10-14)13(3)7-5-2/h7,9-12H,4-6,8H2,1-3H3. The van der Waals surface area contributed by atoms with Crippen LogP contribution >= 0.6 is 0 Å². The van der Waals surface area contributed by atoms with E-state index in [9.17, 15) is 0 Å². The van der Waals surface area contributed by atoms with Gasteiger partial charge >= 0.3 is 0 Å². The van der Waals surface area contributed by atoms with Crippen LogP contribution in [-0.4, -0.2) is 0 Å². The average molecular weight is 202 g/mol. The van der Waals surface area contributed by atoms with Crippen LogP contribution in [0.1, 0.15) is 51.2 Å². The Morgan fingerprint density at radius 2 is 1.80 bits per heavy atom. The zero-order valence-electron chi connectivity index (χ0n) is 10.2. The van der Waals surface area contributed by atoms with Gasteiger partial charge in [0.1, 0.15) is 0 Å². The minimum Gasteiger partial charge on any atom is -0.0813 e. The molecule has 1 rings (SSSR count). The van der Waals surface area contributed by atoms with Crippen LogP contribution in [0.3, 0.4) is 0 Å². The summed E-state index contributed by atoms with van der Waals surface area (Å²) in [5.74, 6) is 0. The summed E-state index contributed by atoms with van der Waals surface area (Å²) in [6, 6.07) is 9.01. The minimum atomic E-state index is 1.11. The molecule has 0 atom stereocenters. The lowest BCUT2D eigenvalue weighted by Crippen LogP contribution is -1.86. The van der Waals surface area contributed by atoms with Crippen molar-refractivity contribution in [2.24, 2.45) is 0 Å². The molecule has 0 nitrogen and oxygen atoms in total. The first kappa shape index (κ1) is 12.0. The fourth-order valence-corrected chi connectivity index (χ4v) is 1.74. The fourth-order valence-electron chi connectivity index (χ4n) is 1.74. The van der Waals surface area contributed by atoms with E-state index in [1.54, 1.807) is 0 Å². The molecule has 82 valence electrons. The molecule has 15 heavy (non-hydrogen) atoms. The highest BCUT2D eigenvalue weighted by molar-refractivity contribution is 5.63. The molecule has 0 saturated heterocycles. The topological polar surface area (TPSA) is 0 Å². The van der Waals surface area contributed by atoms with Crippen LogP contribution in [0.15, 0.2) is 30.3 Å². The lowest BCUT2D eigenvalue weighted by atomic mass is 10.0. The van der Waals surface area contributed by atoms with E-state index >= 15 is 0 Å². The largest absolute Gasteiger partial charge is 0.0813 e. The minimum absolute atomic E-state index is 1.11. The van der Waals surface area contributed by atoms with Crippen LogP contribution in [-0.2, 0) is 6.42 Å². The van der Waals surface area contributed by atoms with Crippen LogP contribution in [0.2, 0.25) is 0 Å². The van der Waals surface area contributed by atoms with Crippen molar-refractivity contribution < 1.29 is 0 Å². The normalized spacial score (nSPS) is 11.8. The Morgan fingerprint density at radius 3 is 2.33 bits per heavy atom. The number of allylic oxidation sites excluding steroid dienone is 2. The Balaban J connectivity index is 2.67. The van der Waals surface area contributed by atoms with Crippen LogP contribution in [0.4, 0.5) is 0 Å². The van der Waals surface area contributed by atoms with Gasteiger partial charge in [0.15, 0.2) is 0 Å². The van der Waals surface area contributed by atoms with Crippen LogP contribution in [0, 0.1) is 0 Å². The van der Waals surface area contributed by atoms with Gasteiger partial charge in [-0.2, -0.15) is 0 Å². The lowest BCUT2D eigenvalue weighted by molar-refractivity contribution is 0.795. The van der Waals surface area contributed by atoms with E-state index in [2.05, 4.69) is 51.1 Å². The van der Waals surface area contributed by atoms with Gasteiger partial charge in [0.25, 0.3) is 0 Å². The fraction of sp³-hybridized carbons (Fsp3) is 0.467. The van der Waals surface area contributed by atoms with E-state index in [0.29, 0.717) is 0 Å². The van der Waals surface area contributed by atoms with Gasteiger partial charge in [0.2, 0.25) is 0 Å². The first-order chi connectivity index (χ1) is 7.27. The van der Waals surface area contributed by atoms with Crippen molar-refractivity contribution >= 4 is 5.57 Å². The molecule has 0 aliphatic heterocycles. The second-order valence-electron chi connectivity index (χ2n) is 4.10. The lowest BCUT2D eigenvalue weighted by Gasteiger charge is -2.04. The average Bonchev–Trinajstić information content (AvgIpc) is 2.27. The maximum atomic E-state index is 2.28. The number of hydrogen-bond donors (Lipinski definition) is 0. The first-order valence-electron chi connectivity index (χ1n) is 6.04. The van der Waals surface area contributed by atoms with Crippen molar-refractivity contribution in [2.45, 2.75) is 46.5 Å². The van der Waals surface area contributed by atoms with Gasteiger partial charge in [-0.3, -0.25) is 0 Å². The molecule has 1 aromatic rings. The van der Waals surface area contributed by atoms with Crippen molar-refractivity contribution in [1.82, 2.24) is 0 Å². The zero-order valence-corrected chi connectivity index (χ0v) is 10.2. The molecule has 0 amide bonds. The van der Waals surface area contributed by atoms with E-state index in [0.717, 1.165) is 6.42 Å². The molecule has 0 heterocycles. The summed E-state index contributed by atoms with van der Waals surface area (Å²) in [5.41, 5.74) is 4.21. The highest BCUT2D eigenvalue weighted by Crippen LogP contribution is 2.16. The number of aryl methyl sites for hydroxylation is 1. The second kappa shape index (κ2) is 6.44. The number of unbranched alkanes of at least 4 members (excludes halogenated alkanes) is 1. The SMILES string of the molecule is CCC=C(C)c1ccc(CCCC)cc1. The predicted octanol–water partition coefficient (Wildman–Crippen LogP) is 4.84. The monoisotopic (exact) mass is 202 g/mol. The molecule has 0 aromatic heterocycles. The molecule has 0 spiro atoms. The summed E-state index contributed by atoms with van der Waals surface area (Å²) in [4.78, 5) is 0. The molecular formula is C15H22. The highest BCUT2D eigenvalue weighted by Gasteiger charge is 1.96. The Bertz CT molecular complexity index is 303. The molecule has 0 heteroatoms. The van der Waals surface area contributed by atoms with Crippen molar-refractivity contribution in [1.29, 1.82) is 0 Å². The predicted molar refractivity (Wildman–Crippen MR) is 69.0 cm³/mol. The second-order valence-corrected chi connectivity index (χ2v) is 4.10. The highest BCUT2D eigenvalue weighted by atomic mass is 14.0. The van der Waals surface area contributed by atoms with Crippen molar-refractivity contribution in [3.8, 4) is 0 Å². The van der Waals surface area contributed by atoms with Gasteiger partial charge in [-0.05, 0) is 42.9 Å². The summed E-state index contributed by atoms with van der Waals surface area (Å²) >= 11 is 0. The van der Waals surface area contributed by atoms with Crippen LogP contribution in [0.25, 0.3) is 5.57 Å². The van der Waals surface area contributed by atoms with Gasteiger partial charge in [-0.25, -0.2) is 0 Å². The molecule has 0 radical (unpaired) electrons. The number of hydrogen-bond acceptors (Lipinski definition) is 0. The maximum absolute atomic E-state index is 2.28. The van der Waals surface area contributed by atoms with E-state index in [4.69, 9.17) is 0 Å². The third-order valence-corrected chi connectivity index (χ3v) is 2.74. The van der Waals surface area contributed by atoms with Gasteiger partial charge in [0, 0.05) is 0 Å². The van der Waals surface area contributed by atoms with Gasteiger partial charge in [-0.1, -0.05) is 50.6 Å². The summed E-state index contributed by atoms with van der Waals surface area (Å²) < 4.78 is 0. The molecule has 0 aliphatic carbocycles. The van der Waals surface area contributed by atoms with E-state index in [-0.39, 0.29) is 0 Å². The van der Waals surface area contributed by atoms with E-state index in [1.807, 2.05) is 0 Å². The molecule has 0 fully saturated rings. The Labute approximate surface area is 94.0 Å². The summed E-state index contributed by atoms with van der Waals surface area (Å²) in [6.07, 6.45) is 7.18. The van der Waals surface area contributed by atoms with Crippen molar-refractivity contribution in [2.75, 3.05) is 0 Å². The zero-order chi connectivity index (χ0) is 11.1. The van der Waals surface area contributed by atoms with Crippen molar-refractivity contribution in [3.05, 3.63) is 41.5 Å². The molecule has 0 saturated carbocycles. The molecule has 0 N–H and O–H groups in total. The van der Waals surface area contributed by atoms with Gasteiger partial charge in [0.05, 0.1) is 0 Å². The third-order valence-electron chi connectivity index (χ3n) is 2.74.